The number of halogens is 3. The first-order valence-corrected chi connectivity index (χ1v) is 5.36. The Morgan fingerprint density at radius 3 is 2.21 bits per heavy atom. The van der Waals surface area contributed by atoms with Gasteiger partial charge in [-0.15, -0.1) is 0 Å². The molecule has 0 heterocycles. The summed E-state index contributed by atoms with van der Waals surface area (Å²) in [5, 5.41) is 2.73. The van der Waals surface area contributed by atoms with Gasteiger partial charge in [-0.3, -0.25) is 0 Å². The summed E-state index contributed by atoms with van der Waals surface area (Å²) in [5.41, 5.74) is 6.67. The van der Waals surface area contributed by atoms with E-state index in [-0.39, 0.29) is 5.69 Å². The SMILES string of the molecule is COc1cc(Nc2cc(F)c(F)c(F)c2)ccc1N. The van der Waals surface area contributed by atoms with Crippen molar-refractivity contribution in [2.24, 2.45) is 0 Å². The molecule has 0 aliphatic carbocycles. The van der Waals surface area contributed by atoms with Crippen molar-refractivity contribution in [1.82, 2.24) is 0 Å². The second-order valence-electron chi connectivity index (χ2n) is 3.84. The van der Waals surface area contributed by atoms with Crippen molar-refractivity contribution in [2.75, 3.05) is 18.2 Å². The van der Waals surface area contributed by atoms with Crippen LogP contribution in [-0.4, -0.2) is 7.11 Å². The van der Waals surface area contributed by atoms with Gasteiger partial charge in [0.15, 0.2) is 17.5 Å². The van der Waals surface area contributed by atoms with E-state index in [0.29, 0.717) is 17.1 Å². The fraction of sp³-hybridized carbons (Fsp3) is 0.0769. The molecule has 0 aliphatic rings. The van der Waals surface area contributed by atoms with Crippen LogP contribution in [0.15, 0.2) is 30.3 Å². The summed E-state index contributed by atoms with van der Waals surface area (Å²) in [7, 11) is 1.45. The molecule has 2 aromatic carbocycles. The zero-order valence-electron chi connectivity index (χ0n) is 10.0. The lowest BCUT2D eigenvalue weighted by Crippen LogP contribution is -1.98. The number of anilines is 3. The third kappa shape index (κ3) is 2.73. The Morgan fingerprint density at radius 1 is 1.00 bits per heavy atom. The Hall–Kier alpha value is -2.37. The van der Waals surface area contributed by atoms with E-state index in [1.807, 2.05) is 0 Å². The highest BCUT2D eigenvalue weighted by Gasteiger charge is 2.11. The first kappa shape index (κ1) is 13.1. The molecule has 0 saturated heterocycles. The van der Waals surface area contributed by atoms with Gasteiger partial charge in [-0.05, 0) is 12.1 Å². The molecule has 19 heavy (non-hydrogen) atoms. The number of methoxy groups -OCH3 is 1. The van der Waals surface area contributed by atoms with Crippen molar-refractivity contribution in [2.45, 2.75) is 0 Å². The van der Waals surface area contributed by atoms with E-state index in [2.05, 4.69) is 5.32 Å². The Balaban J connectivity index is 2.31. The zero-order valence-corrected chi connectivity index (χ0v) is 10.0. The van der Waals surface area contributed by atoms with Gasteiger partial charge in [-0.2, -0.15) is 0 Å². The highest BCUT2D eigenvalue weighted by atomic mass is 19.2. The van der Waals surface area contributed by atoms with Gasteiger partial charge in [0.2, 0.25) is 0 Å². The van der Waals surface area contributed by atoms with Gasteiger partial charge < -0.3 is 15.8 Å². The van der Waals surface area contributed by atoms with Crippen LogP contribution < -0.4 is 15.8 Å². The third-order valence-electron chi connectivity index (χ3n) is 2.51. The third-order valence-corrected chi connectivity index (χ3v) is 2.51. The Kier molecular flexibility index (Phi) is 3.50. The molecule has 3 nitrogen and oxygen atoms in total. The smallest absolute Gasteiger partial charge is 0.194 e. The van der Waals surface area contributed by atoms with Gasteiger partial charge in [-0.25, -0.2) is 13.2 Å². The molecule has 2 aromatic rings. The number of benzene rings is 2. The monoisotopic (exact) mass is 268 g/mol. The van der Waals surface area contributed by atoms with E-state index in [0.717, 1.165) is 12.1 Å². The number of ether oxygens (including phenoxy) is 1. The predicted octanol–water partition coefficient (Wildman–Crippen LogP) is 3.44. The predicted molar refractivity (Wildman–Crippen MR) is 67.0 cm³/mol. The largest absolute Gasteiger partial charge is 0.495 e. The minimum Gasteiger partial charge on any atom is -0.495 e. The fourth-order valence-corrected chi connectivity index (χ4v) is 1.58. The summed E-state index contributed by atoms with van der Waals surface area (Å²) in [4.78, 5) is 0. The maximum absolute atomic E-state index is 13.1. The van der Waals surface area contributed by atoms with Crippen LogP contribution in [0.1, 0.15) is 0 Å². The summed E-state index contributed by atoms with van der Waals surface area (Å²) in [6.45, 7) is 0. The molecular weight excluding hydrogens is 257 g/mol. The fourth-order valence-electron chi connectivity index (χ4n) is 1.58. The van der Waals surface area contributed by atoms with Crippen molar-refractivity contribution in [3.8, 4) is 5.75 Å². The van der Waals surface area contributed by atoms with Crippen LogP contribution in [-0.2, 0) is 0 Å². The summed E-state index contributed by atoms with van der Waals surface area (Å²) >= 11 is 0. The molecule has 0 unspecified atom stereocenters. The standard InChI is InChI=1S/C13H11F3N2O/c1-19-12-6-7(2-3-11(12)17)18-8-4-9(14)13(16)10(15)5-8/h2-6,18H,17H2,1H3. The summed E-state index contributed by atoms with van der Waals surface area (Å²) in [6.07, 6.45) is 0. The zero-order chi connectivity index (χ0) is 14.0. The maximum Gasteiger partial charge on any atom is 0.194 e. The van der Waals surface area contributed by atoms with E-state index in [9.17, 15) is 13.2 Å². The van der Waals surface area contributed by atoms with Crippen molar-refractivity contribution < 1.29 is 17.9 Å². The van der Waals surface area contributed by atoms with Crippen molar-refractivity contribution in [1.29, 1.82) is 0 Å². The normalized spacial score (nSPS) is 10.3. The van der Waals surface area contributed by atoms with Gasteiger partial charge in [0, 0.05) is 29.6 Å². The van der Waals surface area contributed by atoms with E-state index in [4.69, 9.17) is 10.5 Å². The molecule has 100 valence electrons. The highest BCUT2D eigenvalue weighted by Crippen LogP contribution is 2.28. The molecule has 0 aliphatic heterocycles. The molecule has 0 atom stereocenters. The topological polar surface area (TPSA) is 47.3 Å². The maximum atomic E-state index is 13.1. The van der Waals surface area contributed by atoms with Crippen LogP contribution in [0.25, 0.3) is 0 Å². The van der Waals surface area contributed by atoms with E-state index in [1.54, 1.807) is 18.2 Å². The molecule has 2 rings (SSSR count). The van der Waals surface area contributed by atoms with Gasteiger partial charge in [-0.1, -0.05) is 0 Å². The van der Waals surface area contributed by atoms with Gasteiger partial charge in [0.25, 0.3) is 0 Å². The van der Waals surface area contributed by atoms with Gasteiger partial charge >= 0.3 is 0 Å². The number of nitrogen functional groups attached to an aromatic ring is 1. The second kappa shape index (κ2) is 5.09. The highest BCUT2D eigenvalue weighted by molar-refractivity contribution is 5.66. The average Bonchev–Trinajstić information content (AvgIpc) is 2.38. The number of rotatable bonds is 3. The summed E-state index contributed by atoms with van der Waals surface area (Å²) in [5.74, 6) is -3.59. The van der Waals surface area contributed by atoms with Crippen LogP contribution in [0.3, 0.4) is 0 Å². The lowest BCUT2D eigenvalue weighted by Gasteiger charge is -2.10. The lowest BCUT2D eigenvalue weighted by atomic mass is 10.2. The second-order valence-corrected chi connectivity index (χ2v) is 3.84. The Bertz CT molecular complexity index is 594. The van der Waals surface area contributed by atoms with Crippen LogP contribution in [0.5, 0.6) is 5.75 Å². The average molecular weight is 268 g/mol. The van der Waals surface area contributed by atoms with E-state index in [1.165, 1.54) is 7.11 Å². The Morgan fingerprint density at radius 2 is 1.63 bits per heavy atom. The quantitative estimate of drug-likeness (QED) is 0.662. The molecule has 0 saturated carbocycles. The van der Waals surface area contributed by atoms with Crippen molar-refractivity contribution in [3.05, 3.63) is 47.8 Å². The van der Waals surface area contributed by atoms with Crippen LogP contribution in [0.4, 0.5) is 30.2 Å². The van der Waals surface area contributed by atoms with Crippen molar-refractivity contribution in [3.63, 3.8) is 0 Å². The van der Waals surface area contributed by atoms with E-state index >= 15 is 0 Å². The first-order chi connectivity index (χ1) is 9.01. The Labute approximate surface area is 107 Å². The number of hydrogen-bond acceptors (Lipinski definition) is 3. The number of nitrogens with two attached hydrogens (primary N) is 1. The van der Waals surface area contributed by atoms with Crippen LogP contribution in [0.2, 0.25) is 0 Å². The van der Waals surface area contributed by atoms with Gasteiger partial charge in [0.1, 0.15) is 5.75 Å². The first-order valence-electron chi connectivity index (χ1n) is 5.36. The van der Waals surface area contributed by atoms with Crippen LogP contribution in [0, 0.1) is 17.5 Å². The molecule has 0 spiro atoms. The summed E-state index contributed by atoms with van der Waals surface area (Å²) in [6, 6.07) is 6.48. The van der Waals surface area contributed by atoms with Crippen LogP contribution >= 0.6 is 0 Å². The molecule has 0 bridgehead atoms. The molecule has 0 fully saturated rings. The summed E-state index contributed by atoms with van der Waals surface area (Å²) < 4.78 is 43.9. The molecule has 0 radical (unpaired) electrons. The number of nitrogens with one attached hydrogen (secondary N) is 1. The lowest BCUT2D eigenvalue weighted by molar-refractivity contribution is 0.417. The minimum atomic E-state index is -1.50. The van der Waals surface area contributed by atoms with E-state index < -0.39 is 17.5 Å². The molecular formula is C13H11F3N2O. The number of hydrogen-bond donors (Lipinski definition) is 2. The molecule has 0 amide bonds. The molecule has 3 N–H and O–H groups in total. The molecule has 0 aromatic heterocycles. The van der Waals surface area contributed by atoms with Gasteiger partial charge in [0.05, 0.1) is 12.8 Å². The van der Waals surface area contributed by atoms with Crippen molar-refractivity contribution >= 4 is 17.1 Å². The minimum absolute atomic E-state index is 0.0863. The molecule has 6 heteroatoms.